The molecule has 0 amide bonds. The molecule has 0 atom stereocenters. The van der Waals surface area contributed by atoms with Crippen LogP contribution in [-0.2, 0) is 41.7 Å². The zero-order valence-corrected chi connectivity index (χ0v) is 30.3. The molecule has 4 aromatic rings. The van der Waals surface area contributed by atoms with Crippen molar-refractivity contribution < 1.29 is 95.6 Å². The third-order valence-electron chi connectivity index (χ3n) is 8.45. The predicted molar refractivity (Wildman–Crippen MR) is 179 cm³/mol. The second-order valence-electron chi connectivity index (χ2n) is 11.9. The third kappa shape index (κ3) is 10.2. The molecule has 6 rings (SSSR count). The molecule has 2 heterocycles. The van der Waals surface area contributed by atoms with Crippen LogP contribution in [0, 0.1) is 0 Å². The van der Waals surface area contributed by atoms with Gasteiger partial charge in [-0.3, -0.25) is 0 Å². The van der Waals surface area contributed by atoms with Gasteiger partial charge in [0.2, 0.25) is 6.29 Å². The molecule has 57 heavy (non-hydrogen) atoms. The van der Waals surface area contributed by atoms with Gasteiger partial charge in [-0.25, -0.2) is 9.59 Å². The zero-order valence-electron chi connectivity index (χ0n) is 30.3. The van der Waals surface area contributed by atoms with Gasteiger partial charge in [-0.1, -0.05) is 24.3 Å². The van der Waals surface area contributed by atoms with Gasteiger partial charge in [0, 0.05) is 23.5 Å². The Bertz CT molecular complexity index is 1990. The number of carboxylic acid groups (broad SMARTS) is 2. The van der Waals surface area contributed by atoms with Crippen LogP contribution < -0.4 is 40.6 Å². The highest BCUT2D eigenvalue weighted by Gasteiger charge is 2.39. The first-order chi connectivity index (χ1) is 26.9. The van der Waals surface area contributed by atoms with Gasteiger partial charge in [-0.15, -0.1) is 0 Å². The van der Waals surface area contributed by atoms with Gasteiger partial charge < -0.3 is 59.7 Å². The van der Waals surface area contributed by atoms with Crippen LogP contribution >= 0.6 is 0 Å². The number of fused-ring (bicyclic) bond motifs is 10. The normalized spacial score (nSPS) is 15.2. The Morgan fingerprint density at radius 3 is 1.32 bits per heavy atom. The largest absolute Gasteiger partial charge is 0.542 e. The molecule has 0 aliphatic carbocycles. The summed E-state index contributed by atoms with van der Waals surface area (Å²) in [5.74, 6) is -4.07. The van der Waals surface area contributed by atoms with Crippen molar-refractivity contribution >= 4 is 45.4 Å². The van der Waals surface area contributed by atoms with Crippen LogP contribution in [-0.4, -0.2) is 68.9 Å². The monoisotopic (exact) mass is 814 g/mol. The van der Waals surface area contributed by atoms with E-state index in [2.05, 4.69) is 11.5 Å². The van der Waals surface area contributed by atoms with E-state index in [1.807, 2.05) is 48.5 Å². The molecule has 0 saturated carbocycles. The van der Waals surface area contributed by atoms with E-state index in [4.69, 9.17) is 48.2 Å². The highest BCUT2D eigenvalue weighted by atomic mass is 19.4. The van der Waals surface area contributed by atoms with Crippen LogP contribution in [0.5, 0.6) is 23.0 Å². The minimum absolute atomic E-state index is 0.00201. The topological polar surface area (TPSA) is 225 Å². The number of carbonyl (C=O) groups excluding carboxylic acids is 4. The summed E-state index contributed by atoms with van der Waals surface area (Å²) in [5, 5.41) is 21.6. The lowest BCUT2D eigenvalue weighted by Crippen LogP contribution is -2.47. The summed E-state index contributed by atoms with van der Waals surface area (Å²) in [5.41, 5.74) is 12.3. The fourth-order valence-electron chi connectivity index (χ4n) is 6.27. The van der Waals surface area contributed by atoms with Gasteiger partial charge in [-0.05, 0) is 59.7 Å². The molecule has 0 radical (unpaired) electrons. The van der Waals surface area contributed by atoms with E-state index in [-0.39, 0.29) is 19.1 Å². The molecule has 308 valence electrons. The Hall–Kier alpha value is -6.02. The van der Waals surface area contributed by atoms with Crippen molar-refractivity contribution in [2.24, 2.45) is 0 Å². The Balaban J connectivity index is 0.000000440. The SMILES string of the molecule is CCOC(=O)COc1ccc2c3c(ccc2c1C[NH3+])OC1CC3c2c(ccc3c(C[NH3+])c(OCC(=O)OCC)ccc23)O1.O=C([O-])C(F)(F)F.O=C([O-])C(F)(F)F. The van der Waals surface area contributed by atoms with Gasteiger partial charge in [0.05, 0.1) is 24.3 Å². The van der Waals surface area contributed by atoms with Crippen molar-refractivity contribution in [1.82, 2.24) is 0 Å². The molecular weight excluding hydrogens is 778 g/mol. The second kappa shape index (κ2) is 18.3. The molecular formula is C37H36F6N2O12. The number of quaternary nitrogens is 2. The predicted octanol–water partition coefficient (Wildman–Crippen LogP) is 1.59. The fraction of sp³-hybridized carbons (Fsp3) is 0.351. The average Bonchev–Trinajstić information content (AvgIpc) is 3.15. The molecule has 2 bridgehead atoms. The highest BCUT2D eigenvalue weighted by molar-refractivity contribution is 5.97. The molecule has 4 aromatic carbocycles. The first-order valence-corrected chi connectivity index (χ1v) is 17.1. The molecule has 14 nitrogen and oxygen atoms in total. The number of hydrogen-bond donors (Lipinski definition) is 2. The molecule has 2 aliphatic rings. The summed E-state index contributed by atoms with van der Waals surface area (Å²) in [4.78, 5) is 41.5. The average molecular weight is 815 g/mol. The number of carbonyl (C=O) groups is 4. The van der Waals surface area contributed by atoms with Crippen molar-refractivity contribution in [3.8, 4) is 23.0 Å². The molecule has 0 unspecified atom stereocenters. The van der Waals surface area contributed by atoms with Crippen LogP contribution in [0.25, 0.3) is 21.5 Å². The number of ether oxygens (including phenoxy) is 6. The van der Waals surface area contributed by atoms with Gasteiger partial charge in [0.15, 0.2) is 13.2 Å². The van der Waals surface area contributed by atoms with Crippen molar-refractivity contribution in [3.05, 3.63) is 70.8 Å². The van der Waals surface area contributed by atoms with E-state index >= 15 is 0 Å². The van der Waals surface area contributed by atoms with Crippen LogP contribution in [0.1, 0.15) is 48.4 Å². The number of halogens is 6. The second-order valence-corrected chi connectivity index (χ2v) is 11.9. The van der Waals surface area contributed by atoms with E-state index in [1.54, 1.807) is 13.8 Å². The maximum absolute atomic E-state index is 12.0. The zero-order chi connectivity index (χ0) is 42.2. The number of rotatable bonds is 10. The molecule has 6 N–H and O–H groups in total. The van der Waals surface area contributed by atoms with Gasteiger partial charge in [0.25, 0.3) is 0 Å². The van der Waals surface area contributed by atoms with Crippen molar-refractivity contribution in [2.75, 3.05) is 26.4 Å². The molecule has 2 aliphatic heterocycles. The summed E-state index contributed by atoms with van der Waals surface area (Å²) in [6, 6.07) is 15.8. The molecule has 20 heteroatoms. The third-order valence-corrected chi connectivity index (χ3v) is 8.45. The van der Waals surface area contributed by atoms with Gasteiger partial charge in [0.1, 0.15) is 48.0 Å². The Labute approximate surface area is 319 Å². The summed E-state index contributed by atoms with van der Waals surface area (Å²) >= 11 is 0. The van der Waals surface area contributed by atoms with E-state index in [9.17, 15) is 35.9 Å². The van der Waals surface area contributed by atoms with Crippen LogP contribution in [0.3, 0.4) is 0 Å². The summed E-state index contributed by atoms with van der Waals surface area (Å²) in [7, 11) is 0. The molecule has 0 aromatic heterocycles. The number of esters is 2. The van der Waals surface area contributed by atoms with E-state index in [0.29, 0.717) is 44.2 Å². The van der Waals surface area contributed by atoms with Crippen LogP contribution in [0.15, 0.2) is 48.5 Å². The minimum Gasteiger partial charge on any atom is -0.542 e. The molecule has 0 fully saturated rings. The lowest BCUT2D eigenvalue weighted by Gasteiger charge is -2.39. The molecule has 0 saturated heterocycles. The quantitative estimate of drug-likeness (QED) is 0.172. The number of alkyl halides is 6. The summed E-state index contributed by atoms with van der Waals surface area (Å²) < 4.78 is 97.5. The lowest BCUT2D eigenvalue weighted by molar-refractivity contribution is -0.386. The van der Waals surface area contributed by atoms with E-state index < -0.39 is 42.5 Å². The standard InChI is InChI=1S/C33H34N2O8.2C2HF3O2/c1-3-38-29(36)16-40-25-9-7-20-18(23(25)14-34)5-11-27-32(20)22-13-31(42-27)43-28-12-6-19-21(33(22)28)8-10-26(24(19)15-35)41-17-30(37)39-4-2;2*3-2(4,5)1(6)7/h5-12,22,31H,3-4,13-17,34-35H2,1-2H3;2*(H,6,7). The van der Waals surface area contributed by atoms with E-state index in [1.165, 1.54) is 0 Å². The van der Waals surface area contributed by atoms with Gasteiger partial charge in [-0.2, -0.15) is 26.3 Å². The number of aliphatic carboxylic acids is 2. The Morgan fingerprint density at radius 2 is 1.00 bits per heavy atom. The number of benzene rings is 4. The smallest absolute Gasteiger partial charge is 0.430 e. The number of carboxylic acids is 2. The fourth-order valence-corrected chi connectivity index (χ4v) is 6.27. The van der Waals surface area contributed by atoms with Crippen molar-refractivity contribution in [2.45, 2.75) is 57.9 Å². The first kappa shape index (κ1) is 43.7. The van der Waals surface area contributed by atoms with E-state index in [0.717, 1.165) is 55.3 Å². The number of hydrogen-bond acceptors (Lipinski definition) is 12. The maximum atomic E-state index is 12.0. The molecule has 0 spiro atoms. The Morgan fingerprint density at radius 1 is 0.649 bits per heavy atom. The van der Waals surface area contributed by atoms with Crippen molar-refractivity contribution in [3.63, 3.8) is 0 Å². The van der Waals surface area contributed by atoms with Crippen molar-refractivity contribution in [1.29, 1.82) is 0 Å². The van der Waals surface area contributed by atoms with Crippen LogP contribution in [0.4, 0.5) is 26.3 Å². The Kier molecular flexibility index (Phi) is 14.0. The van der Waals surface area contributed by atoms with Crippen LogP contribution in [0.2, 0.25) is 0 Å². The lowest BCUT2D eigenvalue weighted by atomic mass is 9.78. The minimum atomic E-state index is -5.19. The maximum Gasteiger partial charge on any atom is 0.430 e. The van der Waals surface area contributed by atoms with Gasteiger partial charge >= 0.3 is 24.3 Å². The summed E-state index contributed by atoms with van der Waals surface area (Å²) in [6.45, 7) is 4.76. The highest BCUT2D eigenvalue weighted by Crippen LogP contribution is 2.53. The summed E-state index contributed by atoms with van der Waals surface area (Å²) in [6.07, 6.45) is -10.1. The first-order valence-electron chi connectivity index (χ1n) is 17.1.